The lowest BCUT2D eigenvalue weighted by Gasteiger charge is -2.08. The predicted molar refractivity (Wildman–Crippen MR) is 71.6 cm³/mol. The Morgan fingerprint density at radius 2 is 2.16 bits per heavy atom. The lowest BCUT2D eigenvalue weighted by Crippen LogP contribution is -2.14. The summed E-state index contributed by atoms with van der Waals surface area (Å²) < 4.78 is 10.1. The number of aromatic nitrogens is 1. The number of nitrogens with zero attached hydrogens (tertiary/aromatic N) is 2. The Kier molecular flexibility index (Phi) is 6.55. The number of methoxy groups -OCH3 is 1. The second-order valence-electron chi connectivity index (χ2n) is 3.60. The van der Waals surface area contributed by atoms with Crippen LogP contribution in [0.4, 0.5) is 17.3 Å². The molecule has 0 aliphatic carbocycles. The van der Waals surface area contributed by atoms with Crippen LogP contribution in [0.5, 0.6) is 0 Å². The zero-order valence-corrected chi connectivity index (χ0v) is 11.0. The van der Waals surface area contributed by atoms with Gasteiger partial charge in [-0.3, -0.25) is 10.1 Å². The Morgan fingerprint density at radius 3 is 2.79 bits per heavy atom. The zero-order chi connectivity index (χ0) is 14.1. The average molecular weight is 270 g/mol. The van der Waals surface area contributed by atoms with Gasteiger partial charge in [-0.25, -0.2) is 4.98 Å². The summed E-state index contributed by atoms with van der Waals surface area (Å²) in [5.74, 6) is 0.792. The van der Waals surface area contributed by atoms with Gasteiger partial charge in [-0.15, -0.1) is 0 Å². The zero-order valence-electron chi connectivity index (χ0n) is 11.0. The number of hydrogen-bond acceptors (Lipinski definition) is 7. The Hall–Kier alpha value is -1.93. The van der Waals surface area contributed by atoms with Crippen molar-refractivity contribution in [1.29, 1.82) is 0 Å². The monoisotopic (exact) mass is 270 g/mol. The maximum atomic E-state index is 10.9. The highest BCUT2D eigenvalue weighted by atomic mass is 16.6. The molecule has 0 unspecified atom stereocenters. The summed E-state index contributed by atoms with van der Waals surface area (Å²) in [5.41, 5.74) is -0.0594. The Bertz CT molecular complexity index is 414. The highest BCUT2D eigenvalue weighted by Gasteiger charge is 2.15. The molecule has 0 spiro atoms. The molecule has 0 aliphatic heterocycles. The highest BCUT2D eigenvalue weighted by molar-refractivity contribution is 5.60. The fourth-order valence-corrected chi connectivity index (χ4v) is 1.35. The Balaban J connectivity index is 2.52. The summed E-state index contributed by atoms with van der Waals surface area (Å²) in [5, 5.41) is 16.6. The van der Waals surface area contributed by atoms with E-state index in [4.69, 9.17) is 9.47 Å². The lowest BCUT2D eigenvalue weighted by molar-refractivity contribution is -0.384. The van der Waals surface area contributed by atoms with Crippen molar-refractivity contribution >= 4 is 17.3 Å². The van der Waals surface area contributed by atoms with E-state index in [-0.39, 0.29) is 11.5 Å². The summed E-state index contributed by atoms with van der Waals surface area (Å²) in [4.78, 5) is 14.5. The summed E-state index contributed by atoms with van der Waals surface area (Å²) in [6.07, 6.45) is 0. The van der Waals surface area contributed by atoms with Gasteiger partial charge < -0.3 is 20.1 Å². The smallest absolute Gasteiger partial charge is 0.311 e. The summed E-state index contributed by atoms with van der Waals surface area (Å²) in [6.45, 7) is 1.87. The minimum Gasteiger partial charge on any atom is -0.382 e. The van der Waals surface area contributed by atoms with Crippen LogP contribution in [-0.2, 0) is 9.47 Å². The van der Waals surface area contributed by atoms with Crippen LogP contribution in [0.1, 0.15) is 0 Å². The number of pyridine rings is 1. The number of nitro groups is 1. The molecule has 1 heterocycles. The van der Waals surface area contributed by atoms with Crippen LogP contribution in [0.15, 0.2) is 12.1 Å². The van der Waals surface area contributed by atoms with Crippen molar-refractivity contribution in [3.63, 3.8) is 0 Å². The standard InChI is InChI=1S/C11H18N4O4/c1-12-10-4-3-9(15(16)17)11(14-10)13-5-6-19-8-7-18-2/h3-4H,5-8H2,1-2H3,(H2,12,13,14). The molecular formula is C11H18N4O4. The molecule has 0 amide bonds. The van der Waals surface area contributed by atoms with E-state index in [0.717, 1.165) is 0 Å². The van der Waals surface area contributed by atoms with Gasteiger partial charge in [0.1, 0.15) is 5.82 Å². The Morgan fingerprint density at radius 1 is 1.37 bits per heavy atom. The van der Waals surface area contributed by atoms with Gasteiger partial charge in [-0.05, 0) is 6.07 Å². The van der Waals surface area contributed by atoms with E-state index in [2.05, 4.69) is 15.6 Å². The first-order chi connectivity index (χ1) is 9.19. The van der Waals surface area contributed by atoms with Crippen molar-refractivity contribution in [2.75, 3.05) is 51.2 Å². The first-order valence-corrected chi connectivity index (χ1v) is 5.82. The van der Waals surface area contributed by atoms with Gasteiger partial charge in [0, 0.05) is 26.8 Å². The van der Waals surface area contributed by atoms with Crippen LogP contribution in [0.3, 0.4) is 0 Å². The van der Waals surface area contributed by atoms with Gasteiger partial charge in [0.05, 0.1) is 24.7 Å². The maximum Gasteiger partial charge on any atom is 0.311 e. The largest absolute Gasteiger partial charge is 0.382 e. The number of nitrogens with one attached hydrogen (secondary N) is 2. The molecular weight excluding hydrogens is 252 g/mol. The van der Waals surface area contributed by atoms with Crippen LogP contribution < -0.4 is 10.6 Å². The van der Waals surface area contributed by atoms with Crippen LogP contribution in [0, 0.1) is 10.1 Å². The third-order valence-corrected chi connectivity index (χ3v) is 2.30. The van der Waals surface area contributed by atoms with Gasteiger partial charge in [0.2, 0.25) is 5.82 Å². The van der Waals surface area contributed by atoms with E-state index in [1.807, 2.05) is 0 Å². The molecule has 19 heavy (non-hydrogen) atoms. The molecule has 2 N–H and O–H groups in total. The van der Waals surface area contributed by atoms with Crippen molar-refractivity contribution < 1.29 is 14.4 Å². The predicted octanol–water partition coefficient (Wildman–Crippen LogP) is 1.11. The molecule has 0 radical (unpaired) electrons. The van der Waals surface area contributed by atoms with E-state index in [0.29, 0.717) is 32.2 Å². The molecule has 1 aromatic rings. The molecule has 1 rings (SSSR count). The second-order valence-corrected chi connectivity index (χ2v) is 3.60. The highest BCUT2D eigenvalue weighted by Crippen LogP contribution is 2.23. The van der Waals surface area contributed by atoms with E-state index in [1.165, 1.54) is 6.07 Å². The average Bonchev–Trinajstić information content (AvgIpc) is 2.42. The van der Waals surface area contributed by atoms with Crippen molar-refractivity contribution in [2.45, 2.75) is 0 Å². The van der Waals surface area contributed by atoms with Crippen molar-refractivity contribution in [3.05, 3.63) is 22.2 Å². The normalized spacial score (nSPS) is 10.2. The second kappa shape index (κ2) is 8.22. The lowest BCUT2D eigenvalue weighted by atomic mass is 10.3. The van der Waals surface area contributed by atoms with Gasteiger partial charge in [-0.2, -0.15) is 0 Å². The van der Waals surface area contributed by atoms with Crippen molar-refractivity contribution in [2.24, 2.45) is 0 Å². The van der Waals surface area contributed by atoms with E-state index >= 15 is 0 Å². The van der Waals surface area contributed by atoms with Crippen LogP contribution in [-0.4, -0.2) is 50.4 Å². The molecule has 0 fully saturated rings. The minimum absolute atomic E-state index is 0.0594. The topological polar surface area (TPSA) is 98.6 Å². The number of hydrogen-bond donors (Lipinski definition) is 2. The summed E-state index contributed by atoms with van der Waals surface area (Å²) >= 11 is 0. The molecule has 106 valence electrons. The first kappa shape index (κ1) is 15.1. The molecule has 1 aromatic heterocycles. The van der Waals surface area contributed by atoms with E-state index < -0.39 is 4.92 Å². The first-order valence-electron chi connectivity index (χ1n) is 5.82. The van der Waals surface area contributed by atoms with E-state index in [1.54, 1.807) is 20.2 Å². The van der Waals surface area contributed by atoms with Gasteiger partial charge in [0.15, 0.2) is 0 Å². The number of anilines is 2. The fourth-order valence-electron chi connectivity index (χ4n) is 1.35. The third-order valence-electron chi connectivity index (χ3n) is 2.30. The van der Waals surface area contributed by atoms with Gasteiger partial charge in [-0.1, -0.05) is 0 Å². The molecule has 0 aliphatic rings. The quantitative estimate of drug-likeness (QED) is 0.394. The number of rotatable bonds is 9. The molecule has 8 nitrogen and oxygen atoms in total. The molecule has 0 saturated carbocycles. The molecule has 0 saturated heterocycles. The Labute approximate surface area is 111 Å². The molecule has 8 heteroatoms. The summed E-state index contributed by atoms with van der Waals surface area (Å²) in [7, 11) is 3.30. The van der Waals surface area contributed by atoms with E-state index in [9.17, 15) is 10.1 Å². The van der Waals surface area contributed by atoms with Crippen LogP contribution >= 0.6 is 0 Å². The molecule has 0 atom stereocenters. The minimum atomic E-state index is -0.472. The third kappa shape index (κ3) is 5.06. The van der Waals surface area contributed by atoms with Crippen LogP contribution in [0.25, 0.3) is 0 Å². The molecule has 0 bridgehead atoms. The van der Waals surface area contributed by atoms with Crippen molar-refractivity contribution in [1.82, 2.24) is 4.98 Å². The molecule has 0 aromatic carbocycles. The number of ether oxygens (including phenoxy) is 2. The van der Waals surface area contributed by atoms with Crippen molar-refractivity contribution in [3.8, 4) is 0 Å². The SMILES string of the molecule is CNc1ccc([N+](=O)[O-])c(NCCOCCOC)n1. The van der Waals surface area contributed by atoms with Gasteiger partial charge in [0.25, 0.3) is 0 Å². The maximum absolute atomic E-state index is 10.9. The van der Waals surface area contributed by atoms with Gasteiger partial charge >= 0.3 is 5.69 Å². The summed E-state index contributed by atoms with van der Waals surface area (Å²) in [6, 6.07) is 2.96. The fraction of sp³-hybridized carbons (Fsp3) is 0.545. The van der Waals surface area contributed by atoms with Crippen LogP contribution in [0.2, 0.25) is 0 Å².